The SMILES string of the molecule is Cc1cc(N)ccc1SC1CCCOC1. The van der Waals surface area contributed by atoms with Crippen LogP contribution in [0.3, 0.4) is 0 Å². The Morgan fingerprint density at radius 1 is 1.47 bits per heavy atom. The first-order valence-corrected chi connectivity index (χ1v) is 6.24. The van der Waals surface area contributed by atoms with Crippen LogP contribution in [0.4, 0.5) is 5.69 Å². The highest BCUT2D eigenvalue weighted by molar-refractivity contribution is 8.00. The molecule has 1 aliphatic rings. The van der Waals surface area contributed by atoms with Gasteiger partial charge in [0, 0.05) is 22.4 Å². The predicted octanol–water partition coefficient (Wildman–Crippen LogP) is 2.85. The number of benzene rings is 1. The van der Waals surface area contributed by atoms with Gasteiger partial charge in [-0.2, -0.15) is 0 Å². The van der Waals surface area contributed by atoms with Gasteiger partial charge in [0.25, 0.3) is 0 Å². The van der Waals surface area contributed by atoms with Crippen molar-refractivity contribution in [2.24, 2.45) is 0 Å². The quantitative estimate of drug-likeness (QED) is 0.783. The number of hydrogen-bond donors (Lipinski definition) is 1. The van der Waals surface area contributed by atoms with E-state index in [2.05, 4.69) is 13.0 Å². The van der Waals surface area contributed by atoms with E-state index in [9.17, 15) is 0 Å². The van der Waals surface area contributed by atoms with Crippen molar-refractivity contribution in [3.63, 3.8) is 0 Å². The summed E-state index contributed by atoms with van der Waals surface area (Å²) in [7, 11) is 0. The molecule has 1 unspecified atom stereocenters. The summed E-state index contributed by atoms with van der Waals surface area (Å²) in [5, 5.41) is 0.612. The third kappa shape index (κ3) is 2.89. The van der Waals surface area contributed by atoms with Crippen molar-refractivity contribution in [3.8, 4) is 0 Å². The summed E-state index contributed by atoms with van der Waals surface area (Å²) < 4.78 is 5.47. The van der Waals surface area contributed by atoms with Crippen LogP contribution < -0.4 is 5.73 Å². The van der Waals surface area contributed by atoms with Crippen LogP contribution in [0, 0.1) is 6.92 Å². The maximum atomic E-state index is 5.73. The van der Waals surface area contributed by atoms with Gasteiger partial charge in [0.1, 0.15) is 0 Å². The minimum Gasteiger partial charge on any atom is -0.399 e. The van der Waals surface area contributed by atoms with Gasteiger partial charge in [-0.1, -0.05) is 0 Å². The Morgan fingerprint density at radius 3 is 3.00 bits per heavy atom. The van der Waals surface area contributed by atoms with Crippen LogP contribution in [0.5, 0.6) is 0 Å². The van der Waals surface area contributed by atoms with Crippen molar-refractivity contribution in [1.29, 1.82) is 0 Å². The number of nitrogen functional groups attached to an aromatic ring is 1. The second-order valence-electron chi connectivity index (χ2n) is 3.98. The van der Waals surface area contributed by atoms with Crippen molar-refractivity contribution in [1.82, 2.24) is 0 Å². The van der Waals surface area contributed by atoms with Gasteiger partial charge >= 0.3 is 0 Å². The maximum absolute atomic E-state index is 5.73. The largest absolute Gasteiger partial charge is 0.399 e. The fraction of sp³-hybridized carbons (Fsp3) is 0.500. The summed E-state index contributed by atoms with van der Waals surface area (Å²) in [5.74, 6) is 0. The highest BCUT2D eigenvalue weighted by atomic mass is 32.2. The molecule has 1 aliphatic heterocycles. The van der Waals surface area contributed by atoms with E-state index in [0.29, 0.717) is 5.25 Å². The lowest BCUT2D eigenvalue weighted by Crippen LogP contribution is -2.19. The van der Waals surface area contributed by atoms with Crippen molar-refractivity contribution in [2.45, 2.75) is 29.9 Å². The molecule has 0 radical (unpaired) electrons. The van der Waals surface area contributed by atoms with Gasteiger partial charge in [-0.15, -0.1) is 11.8 Å². The lowest BCUT2D eigenvalue weighted by Gasteiger charge is -2.22. The van der Waals surface area contributed by atoms with Gasteiger partial charge in [0.15, 0.2) is 0 Å². The van der Waals surface area contributed by atoms with Crippen LogP contribution in [0.15, 0.2) is 23.1 Å². The molecule has 0 saturated carbocycles. The van der Waals surface area contributed by atoms with Crippen LogP contribution >= 0.6 is 11.8 Å². The molecule has 0 aliphatic carbocycles. The van der Waals surface area contributed by atoms with E-state index in [1.807, 2.05) is 23.9 Å². The summed E-state index contributed by atoms with van der Waals surface area (Å²) in [4.78, 5) is 1.33. The topological polar surface area (TPSA) is 35.2 Å². The average molecular weight is 223 g/mol. The molecule has 0 spiro atoms. The Kier molecular flexibility index (Phi) is 3.54. The fourth-order valence-electron chi connectivity index (χ4n) is 1.79. The molecular weight excluding hydrogens is 206 g/mol. The summed E-state index contributed by atoms with van der Waals surface area (Å²) in [5.41, 5.74) is 7.84. The van der Waals surface area contributed by atoms with E-state index in [1.54, 1.807) is 0 Å². The summed E-state index contributed by atoms with van der Waals surface area (Å²) in [6.45, 7) is 3.93. The molecule has 0 aromatic heterocycles. The molecule has 0 amide bonds. The number of aryl methyl sites for hydroxylation is 1. The Hall–Kier alpha value is -0.670. The first-order valence-electron chi connectivity index (χ1n) is 5.36. The Morgan fingerprint density at radius 2 is 2.33 bits per heavy atom. The third-order valence-electron chi connectivity index (χ3n) is 2.61. The monoisotopic (exact) mass is 223 g/mol. The molecule has 15 heavy (non-hydrogen) atoms. The minimum atomic E-state index is 0.612. The van der Waals surface area contributed by atoms with Crippen molar-refractivity contribution >= 4 is 17.4 Å². The molecule has 0 bridgehead atoms. The van der Waals surface area contributed by atoms with Gasteiger partial charge in [0.05, 0.1) is 6.61 Å². The van der Waals surface area contributed by atoms with Crippen molar-refractivity contribution in [3.05, 3.63) is 23.8 Å². The first-order chi connectivity index (χ1) is 7.25. The lowest BCUT2D eigenvalue weighted by molar-refractivity contribution is 0.101. The number of nitrogens with two attached hydrogens (primary N) is 1. The minimum absolute atomic E-state index is 0.612. The summed E-state index contributed by atoms with van der Waals surface area (Å²) >= 11 is 1.92. The molecule has 1 aromatic rings. The number of rotatable bonds is 2. The zero-order valence-electron chi connectivity index (χ0n) is 9.03. The van der Waals surface area contributed by atoms with E-state index >= 15 is 0 Å². The molecule has 1 atom stereocenters. The molecule has 1 heterocycles. The van der Waals surface area contributed by atoms with E-state index in [4.69, 9.17) is 10.5 Å². The predicted molar refractivity (Wildman–Crippen MR) is 65.3 cm³/mol. The van der Waals surface area contributed by atoms with Gasteiger partial charge in [0.2, 0.25) is 0 Å². The molecule has 1 aromatic carbocycles. The fourth-order valence-corrected chi connectivity index (χ4v) is 2.99. The Bertz CT molecular complexity index is 334. The molecular formula is C12H17NOS. The zero-order chi connectivity index (χ0) is 10.7. The molecule has 1 saturated heterocycles. The molecule has 2 nitrogen and oxygen atoms in total. The van der Waals surface area contributed by atoms with E-state index in [1.165, 1.54) is 23.3 Å². The normalized spacial score (nSPS) is 21.5. The standard InChI is InChI=1S/C12H17NOS/c1-9-7-10(13)4-5-12(9)15-11-3-2-6-14-8-11/h4-5,7,11H,2-3,6,8,13H2,1H3. The Balaban J connectivity index is 2.03. The number of thioether (sulfide) groups is 1. The summed E-state index contributed by atoms with van der Waals surface area (Å²) in [6, 6.07) is 6.12. The van der Waals surface area contributed by atoms with Gasteiger partial charge in [-0.3, -0.25) is 0 Å². The van der Waals surface area contributed by atoms with Gasteiger partial charge in [-0.05, 0) is 43.5 Å². The van der Waals surface area contributed by atoms with Crippen molar-refractivity contribution < 1.29 is 4.74 Å². The second kappa shape index (κ2) is 4.90. The Labute approximate surface area is 95.2 Å². The molecule has 1 fully saturated rings. The smallest absolute Gasteiger partial charge is 0.0588 e. The van der Waals surface area contributed by atoms with Crippen LogP contribution in [0.25, 0.3) is 0 Å². The average Bonchev–Trinajstić information content (AvgIpc) is 2.24. The molecule has 2 rings (SSSR count). The highest BCUT2D eigenvalue weighted by Gasteiger charge is 2.15. The van der Waals surface area contributed by atoms with E-state index in [0.717, 1.165) is 18.9 Å². The number of hydrogen-bond acceptors (Lipinski definition) is 3. The van der Waals surface area contributed by atoms with Crippen LogP contribution in [0.2, 0.25) is 0 Å². The highest BCUT2D eigenvalue weighted by Crippen LogP contribution is 2.31. The van der Waals surface area contributed by atoms with Crippen LogP contribution in [-0.4, -0.2) is 18.5 Å². The van der Waals surface area contributed by atoms with E-state index in [-0.39, 0.29) is 0 Å². The lowest BCUT2D eigenvalue weighted by atomic mass is 10.2. The van der Waals surface area contributed by atoms with Crippen LogP contribution in [-0.2, 0) is 4.74 Å². The van der Waals surface area contributed by atoms with Gasteiger partial charge < -0.3 is 10.5 Å². The van der Waals surface area contributed by atoms with Crippen molar-refractivity contribution in [2.75, 3.05) is 18.9 Å². The number of anilines is 1. The molecule has 2 N–H and O–H groups in total. The molecule has 82 valence electrons. The van der Waals surface area contributed by atoms with E-state index < -0.39 is 0 Å². The third-order valence-corrected chi connectivity index (χ3v) is 4.03. The van der Waals surface area contributed by atoms with Gasteiger partial charge in [-0.25, -0.2) is 0 Å². The zero-order valence-corrected chi connectivity index (χ0v) is 9.85. The van der Waals surface area contributed by atoms with Crippen LogP contribution in [0.1, 0.15) is 18.4 Å². The number of ether oxygens (including phenoxy) is 1. The maximum Gasteiger partial charge on any atom is 0.0588 e. The summed E-state index contributed by atoms with van der Waals surface area (Å²) in [6.07, 6.45) is 2.44. The second-order valence-corrected chi connectivity index (χ2v) is 5.32. The first kappa shape index (κ1) is 10.8. The molecule has 3 heteroatoms.